The number of nitrogens with one attached hydrogen (secondary N) is 1. The lowest BCUT2D eigenvalue weighted by Crippen LogP contribution is -2.37. The molecule has 3 aromatic heterocycles. The molecule has 3 aliphatic rings. The van der Waals surface area contributed by atoms with Gasteiger partial charge in [0.2, 0.25) is 21.9 Å². The Bertz CT molecular complexity index is 1480. The third-order valence-corrected chi connectivity index (χ3v) is 8.69. The average Bonchev–Trinajstić information content (AvgIpc) is 3.39. The van der Waals surface area contributed by atoms with Crippen LogP contribution in [0.3, 0.4) is 0 Å². The molecule has 6 rings (SSSR count). The summed E-state index contributed by atoms with van der Waals surface area (Å²) in [5, 5.41) is 9.41. The Morgan fingerprint density at radius 3 is 2.43 bits per heavy atom. The first-order valence-corrected chi connectivity index (χ1v) is 16.2. The zero-order valence-corrected chi connectivity index (χ0v) is 24.6. The average molecular weight is 599 g/mol. The molecule has 0 bridgehead atoms. The molecule has 1 unspecified atom stereocenters. The van der Waals surface area contributed by atoms with Crippen molar-refractivity contribution < 1.29 is 22.6 Å². The number of hydrogen-bond donors (Lipinski definition) is 2. The highest BCUT2D eigenvalue weighted by molar-refractivity contribution is 7.88. The maximum absolute atomic E-state index is 11.7. The standard InChI is InChI=1S/C28H38N8O5S/c1-35-7-6-22(17-35)40-23-15-31-28(32-16-23)33-20-2-4-21(5-3-20)41-27-24-12-19(18-42(29,37)38)14-30-25(24)13-26(34-27)36-8-10-39-11-9-36/h12-16,20-22H,2-11,17-18H2,1H3,(H2,29,37,38)(H,31,32,33). The molecule has 13 nitrogen and oxygen atoms in total. The fraction of sp³-hybridized carbons (Fsp3) is 0.571. The summed E-state index contributed by atoms with van der Waals surface area (Å²) in [6.07, 6.45) is 9.59. The Kier molecular flexibility index (Phi) is 8.56. The summed E-state index contributed by atoms with van der Waals surface area (Å²) < 4.78 is 41.4. The van der Waals surface area contributed by atoms with Gasteiger partial charge in [-0.1, -0.05) is 0 Å². The van der Waals surface area contributed by atoms with E-state index < -0.39 is 10.0 Å². The zero-order valence-electron chi connectivity index (χ0n) is 23.8. The first-order valence-electron chi connectivity index (χ1n) is 14.5. The van der Waals surface area contributed by atoms with Crippen LogP contribution >= 0.6 is 0 Å². The minimum atomic E-state index is -3.70. The number of rotatable bonds is 9. The highest BCUT2D eigenvalue weighted by Gasteiger charge is 2.26. The van der Waals surface area contributed by atoms with Gasteiger partial charge in [0.25, 0.3) is 0 Å². The molecular weight excluding hydrogens is 560 g/mol. The predicted octanol–water partition coefficient (Wildman–Crippen LogP) is 1.93. The summed E-state index contributed by atoms with van der Waals surface area (Å²) in [5.74, 6) is 2.21. The number of ether oxygens (including phenoxy) is 3. The largest absolute Gasteiger partial charge is 0.486 e. The van der Waals surface area contributed by atoms with Gasteiger partial charge in [0.1, 0.15) is 18.0 Å². The highest BCUT2D eigenvalue weighted by Crippen LogP contribution is 2.32. The van der Waals surface area contributed by atoms with Gasteiger partial charge in [-0.25, -0.2) is 23.5 Å². The molecule has 0 aromatic carbocycles. The molecule has 3 N–H and O–H groups in total. The van der Waals surface area contributed by atoms with E-state index in [0.717, 1.165) is 64.1 Å². The summed E-state index contributed by atoms with van der Waals surface area (Å²) in [6.45, 7) is 4.67. The molecule has 2 aliphatic heterocycles. The zero-order chi connectivity index (χ0) is 29.1. The van der Waals surface area contributed by atoms with Crippen molar-refractivity contribution in [1.29, 1.82) is 0 Å². The van der Waals surface area contributed by atoms with Crippen LogP contribution in [-0.2, 0) is 20.5 Å². The molecule has 5 heterocycles. The second-order valence-corrected chi connectivity index (χ2v) is 13.0. The number of likely N-dealkylation sites (N-methyl/N-ethyl adjacent to an activating group) is 1. The van der Waals surface area contributed by atoms with Crippen LogP contribution in [0.15, 0.2) is 30.7 Å². The molecule has 3 aromatic rings. The van der Waals surface area contributed by atoms with Gasteiger partial charge in [-0.3, -0.25) is 4.98 Å². The van der Waals surface area contributed by atoms with Gasteiger partial charge in [0.15, 0.2) is 5.75 Å². The minimum absolute atomic E-state index is 0.0400. The van der Waals surface area contributed by atoms with E-state index in [2.05, 4.69) is 37.1 Å². The van der Waals surface area contributed by atoms with Crippen molar-refractivity contribution >= 4 is 32.7 Å². The summed E-state index contributed by atoms with van der Waals surface area (Å²) in [5.41, 5.74) is 1.19. The van der Waals surface area contributed by atoms with Gasteiger partial charge >= 0.3 is 0 Å². The number of morpholine rings is 1. The second-order valence-electron chi connectivity index (χ2n) is 11.4. The summed E-state index contributed by atoms with van der Waals surface area (Å²) in [6, 6.07) is 3.91. The summed E-state index contributed by atoms with van der Waals surface area (Å²) in [4.78, 5) is 22.7. The lowest BCUT2D eigenvalue weighted by molar-refractivity contribution is 0.122. The van der Waals surface area contributed by atoms with Crippen LogP contribution in [0.2, 0.25) is 0 Å². The van der Waals surface area contributed by atoms with Crippen molar-refractivity contribution in [3.63, 3.8) is 0 Å². The molecule has 1 saturated carbocycles. The minimum Gasteiger partial charge on any atom is -0.486 e. The SMILES string of the molecule is CN1CCC(Oc2cnc(NC3CCC(Oc4nc(N5CCOCC5)cc5ncc(CS(N)(=O)=O)cc45)CC3)nc2)C1. The number of pyridine rings is 2. The smallest absolute Gasteiger partial charge is 0.225 e. The maximum Gasteiger partial charge on any atom is 0.225 e. The third-order valence-electron chi connectivity index (χ3n) is 7.96. The Morgan fingerprint density at radius 1 is 0.976 bits per heavy atom. The first kappa shape index (κ1) is 28.8. The van der Waals surface area contributed by atoms with Crippen LogP contribution in [0.4, 0.5) is 11.8 Å². The summed E-state index contributed by atoms with van der Waals surface area (Å²) in [7, 11) is -1.61. The predicted molar refractivity (Wildman–Crippen MR) is 158 cm³/mol. The van der Waals surface area contributed by atoms with Crippen LogP contribution in [-0.4, -0.2) is 97.9 Å². The van der Waals surface area contributed by atoms with E-state index in [0.29, 0.717) is 47.3 Å². The molecule has 14 heteroatoms. The van der Waals surface area contributed by atoms with Gasteiger partial charge in [0.05, 0.1) is 42.3 Å². The van der Waals surface area contributed by atoms with E-state index in [1.165, 1.54) is 0 Å². The highest BCUT2D eigenvalue weighted by atomic mass is 32.2. The Balaban J connectivity index is 1.11. The van der Waals surface area contributed by atoms with Gasteiger partial charge in [-0.2, -0.15) is 4.98 Å². The molecule has 0 amide bonds. The molecule has 226 valence electrons. The van der Waals surface area contributed by atoms with E-state index in [-0.39, 0.29) is 24.0 Å². The van der Waals surface area contributed by atoms with Crippen molar-refractivity contribution in [2.45, 2.75) is 56.1 Å². The quantitative estimate of drug-likeness (QED) is 0.369. The lowest BCUT2D eigenvalue weighted by atomic mass is 9.93. The molecule has 1 aliphatic carbocycles. The van der Waals surface area contributed by atoms with Crippen LogP contribution in [0.1, 0.15) is 37.7 Å². The lowest BCUT2D eigenvalue weighted by Gasteiger charge is -2.31. The van der Waals surface area contributed by atoms with Crippen molar-refractivity contribution in [2.75, 3.05) is 56.7 Å². The molecule has 3 fully saturated rings. The number of nitrogens with two attached hydrogens (primary N) is 1. The Labute approximate surface area is 245 Å². The Hall–Kier alpha value is -3.33. The maximum atomic E-state index is 11.7. The molecule has 2 saturated heterocycles. The fourth-order valence-electron chi connectivity index (χ4n) is 5.78. The van der Waals surface area contributed by atoms with Crippen LogP contribution in [0.25, 0.3) is 10.9 Å². The first-order chi connectivity index (χ1) is 20.3. The summed E-state index contributed by atoms with van der Waals surface area (Å²) >= 11 is 0. The van der Waals surface area contributed by atoms with Gasteiger partial charge in [-0.15, -0.1) is 0 Å². The van der Waals surface area contributed by atoms with Gasteiger partial charge < -0.3 is 29.3 Å². The second kappa shape index (κ2) is 12.5. The van der Waals surface area contributed by atoms with E-state index >= 15 is 0 Å². The molecule has 42 heavy (non-hydrogen) atoms. The number of fused-ring (bicyclic) bond motifs is 1. The van der Waals surface area contributed by atoms with Crippen LogP contribution < -0.4 is 24.8 Å². The molecule has 1 atom stereocenters. The van der Waals surface area contributed by atoms with Crippen molar-refractivity contribution in [3.05, 3.63) is 36.3 Å². The van der Waals surface area contributed by atoms with Crippen molar-refractivity contribution in [1.82, 2.24) is 24.8 Å². The van der Waals surface area contributed by atoms with Crippen molar-refractivity contribution in [3.8, 4) is 11.6 Å². The van der Waals surface area contributed by atoms with E-state index in [4.69, 9.17) is 24.3 Å². The Morgan fingerprint density at radius 2 is 1.74 bits per heavy atom. The molecular formula is C28H38N8O5S. The van der Waals surface area contributed by atoms with Gasteiger partial charge in [0, 0.05) is 44.5 Å². The molecule has 0 radical (unpaired) electrons. The van der Waals surface area contributed by atoms with Crippen LogP contribution in [0.5, 0.6) is 11.6 Å². The fourth-order valence-corrected chi connectivity index (χ4v) is 6.40. The number of likely N-dealkylation sites (tertiary alicyclic amines) is 1. The van der Waals surface area contributed by atoms with E-state index in [1.54, 1.807) is 24.7 Å². The third kappa shape index (κ3) is 7.35. The van der Waals surface area contributed by atoms with Crippen LogP contribution in [0, 0.1) is 0 Å². The van der Waals surface area contributed by atoms with Crippen molar-refractivity contribution in [2.24, 2.45) is 5.14 Å². The number of anilines is 2. The number of hydrogen-bond acceptors (Lipinski definition) is 12. The van der Waals surface area contributed by atoms with Gasteiger partial charge in [-0.05, 0) is 50.8 Å². The monoisotopic (exact) mass is 598 g/mol. The number of sulfonamides is 1. The van der Waals surface area contributed by atoms with E-state index in [9.17, 15) is 8.42 Å². The normalized spacial score (nSPS) is 23.7. The molecule has 0 spiro atoms. The number of primary sulfonamides is 1. The number of aromatic nitrogens is 4. The number of nitrogens with zero attached hydrogens (tertiary/aromatic N) is 6. The van der Waals surface area contributed by atoms with E-state index in [1.807, 2.05) is 6.07 Å². The topological polar surface area (TPSA) is 158 Å².